The van der Waals surface area contributed by atoms with Gasteiger partial charge in [-0.05, 0) is 35.1 Å². The van der Waals surface area contributed by atoms with Gasteiger partial charge in [0.15, 0.2) is 6.10 Å². The lowest BCUT2D eigenvalue weighted by Gasteiger charge is -2.40. The lowest BCUT2D eigenvalue weighted by atomic mass is 9.68. The summed E-state index contributed by atoms with van der Waals surface area (Å²) in [6, 6.07) is 16.2. The van der Waals surface area contributed by atoms with Crippen LogP contribution in [0.5, 0.6) is 0 Å². The number of methoxy groups -OCH3 is 1. The molecule has 0 radical (unpaired) electrons. The number of carboxylic acid groups (broad SMARTS) is 1. The van der Waals surface area contributed by atoms with Crippen molar-refractivity contribution in [3.8, 4) is 11.1 Å². The van der Waals surface area contributed by atoms with Gasteiger partial charge in [0.25, 0.3) is 0 Å². The largest absolute Gasteiger partial charge is 0.479 e. The van der Waals surface area contributed by atoms with Gasteiger partial charge < -0.3 is 25.2 Å². The summed E-state index contributed by atoms with van der Waals surface area (Å²) in [7, 11) is 1.28. The second-order valence-electron chi connectivity index (χ2n) is 8.59. The normalized spacial score (nSPS) is 16.6. The number of carbonyl (C=O) groups is 3. The molecule has 0 saturated heterocycles. The molecule has 1 saturated carbocycles. The van der Waals surface area contributed by atoms with Crippen molar-refractivity contribution in [2.45, 2.75) is 31.3 Å². The number of aliphatic carboxylic acids is 1. The molecule has 2 aliphatic rings. The Labute approximate surface area is 192 Å². The third kappa shape index (κ3) is 4.57. The number of fused-ring (bicyclic) bond motifs is 3. The van der Waals surface area contributed by atoms with Gasteiger partial charge in [-0.25, -0.2) is 9.59 Å². The fourth-order valence-electron chi connectivity index (χ4n) is 4.62. The van der Waals surface area contributed by atoms with Crippen LogP contribution < -0.4 is 10.6 Å². The molecule has 0 aliphatic heterocycles. The Balaban J connectivity index is 1.32. The molecule has 0 spiro atoms. The molecule has 0 heterocycles. The van der Waals surface area contributed by atoms with Crippen LogP contribution in [0.15, 0.2) is 48.5 Å². The summed E-state index contributed by atoms with van der Waals surface area (Å²) < 4.78 is 10.4. The zero-order valence-electron chi connectivity index (χ0n) is 18.5. The molecule has 0 aromatic heterocycles. The molecule has 3 N–H and O–H groups in total. The number of nitrogens with one attached hydrogen (secondary N) is 2. The van der Waals surface area contributed by atoms with Crippen LogP contribution in [0.3, 0.4) is 0 Å². The van der Waals surface area contributed by atoms with Crippen LogP contribution in [-0.4, -0.2) is 56.0 Å². The topological polar surface area (TPSA) is 114 Å². The molecule has 1 atom stereocenters. The Bertz CT molecular complexity index is 1000. The minimum absolute atomic E-state index is 0.0360. The molecule has 174 valence electrons. The highest BCUT2D eigenvalue weighted by Crippen LogP contribution is 2.44. The van der Waals surface area contributed by atoms with Gasteiger partial charge in [-0.1, -0.05) is 55.0 Å². The zero-order valence-corrected chi connectivity index (χ0v) is 18.5. The van der Waals surface area contributed by atoms with Crippen LogP contribution in [0.4, 0.5) is 4.79 Å². The Hall–Kier alpha value is -3.39. The fraction of sp³-hybridized carbons (Fsp3) is 0.400. The molecule has 2 amide bonds. The van der Waals surface area contributed by atoms with Gasteiger partial charge in [0.1, 0.15) is 6.61 Å². The van der Waals surface area contributed by atoms with E-state index in [-0.39, 0.29) is 31.5 Å². The van der Waals surface area contributed by atoms with Crippen LogP contribution in [0.25, 0.3) is 11.1 Å². The van der Waals surface area contributed by atoms with Gasteiger partial charge in [-0.15, -0.1) is 0 Å². The number of hydrogen-bond donors (Lipinski definition) is 3. The lowest BCUT2D eigenvalue weighted by Crippen LogP contribution is -2.54. The second kappa shape index (κ2) is 9.62. The molecule has 1 fully saturated rings. The molecule has 1 unspecified atom stereocenters. The molecular formula is C25H28N2O6. The number of carboxylic acids is 1. The van der Waals surface area contributed by atoms with E-state index in [0.29, 0.717) is 12.8 Å². The Morgan fingerprint density at radius 1 is 1.03 bits per heavy atom. The standard InChI is InChI=1S/C25H28N2O6/c1-32-21(22(28)29)13-26-23(30)25(11-6-12-25)15-27-24(31)33-14-20-18-9-4-2-7-16(18)17-8-3-5-10-19(17)20/h2-5,7-10,20-21H,6,11-15H2,1H3,(H,26,30)(H,27,31)(H,28,29). The van der Waals surface area contributed by atoms with Gasteiger partial charge in [-0.2, -0.15) is 0 Å². The van der Waals surface area contributed by atoms with Crippen molar-refractivity contribution in [2.75, 3.05) is 26.8 Å². The minimum atomic E-state index is -1.14. The number of carbonyl (C=O) groups excluding carboxylic acids is 2. The third-order valence-electron chi connectivity index (χ3n) is 6.72. The molecule has 0 bridgehead atoms. The van der Waals surface area contributed by atoms with E-state index in [2.05, 4.69) is 34.9 Å². The predicted molar refractivity (Wildman–Crippen MR) is 121 cm³/mol. The summed E-state index contributed by atoms with van der Waals surface area (Å²) >= 11 is 0. The monoisotopic (exact) mass is 452 g/mol. The summed E-state index contributed by atoms with van der Waals surface area (Å²) in [6.07, 6.45) is 0.421. The Kier molecular flexibility index (Phi) is 6.65. The van der Waals surface area contributed by atoms with E-state index < -0.39 is 23.6 Å². The molecule has 2 aliphatic carbocycles. The van der Waals surface area contributed by atoms with E-state index >= 15 is 0 Å². The first kappa shape index (κ1) is 22.8. The van der Waals surface area contributed by atoms with E-state index in [1.54, 1.807) is 0 Å². The minimum Gasteiger partial charge on any atom is -0.479 e. The Morgan fingerprint density at radius 2 is 1.64 bits per heavy atom. The predicted octanol–water partition coefficient (Wildman–Crippen LogP) is 2.91. The van der Waals surface area contributed by atoms with Crippen molar-refractivity contribution >= 4 is 18.0 Å². The summed E-state index contributed by atoms with van der Waals surface area (Å²) in [5.74, 6) is -1.46. The molecule has 8 nitrogen and oxygen atoms in total. The highest BCUT2D eigenvalue weighted by atomic mass is 16.5. The van der Waals surface area contributed by atoms with Crippen molar-refractivity contribution in [3.05, 3.63) is 59.7 Å². The molecule has 2 aromatic rings. The average Bonchev–Trinajstić information content (AvgIpc) is 3.11. The smallest absolute Gasteiger partial charge is 0.407 e. The zero-order chi connectivity index (χ0) is 23.4. The first-order chi connectivity index (χ1) is 15.9. The quantitative estimate of drug-likeness (QED) is 0.539. The highest BCUT2D eigenvalue weighted by molar-refractivity contribution is 5.85. The number of amides is 2. The number of ether oxygens (including phenoxy) is 2. The number of alkyl carbamates (subject to hydrolysis) is 1. The van der Waals surface area contributed by atoms with Crippen molar-refractivity contribution in [2.24, 2.45) is 5.41 Å². The van der Waals surface area contributed by atoms with E-state index in [4.69, 9.17) is 14.6 Å². The van der Waals surface area contributed by atoms with Gasteiger partial charge in [0, 0.05) is 19.6 Å². The Morgan fingerprint density at radius 3 is 2.15 bits per heavy atom. The van der Waals surface area contributed by atoms with E-state index in [9.17, 15) is 14.4 Å². The molecule has 2 aromatic carbocycles. The SMILES string of the molecule is COC(CNC(=O)C1(CNC(=O)OCC2c3ccccc3-c3ccccc32)CCC1)C(=O)O. The van der Waals surface area contributed by atoms with Gasteiger partial charge in [0.2, 0.25) is 5.91 Å². The van der Waals surface area contributed by atoms with Crippen molar-refractivity contribution < 1.29 is 29.0 Å². The first-order valence-corrected chi connectivity index (χ1v) is 11.1. The van der Waals surface area contributed by atoms with E-state index in [0.717, 1.165) is 28.7 Å². The van der Waals surface area contributed by atoms with Crippen LogP contribution in [0.1, 0.15) is 36.3 Å². The molecule has 8 heteroatoms. The highest BCUT2D eigenvalue weighted by Gasteiger charge is 2.44. The molecule has 4 rings (SSSR count). The van der Waals surface area contributed by atoms with E-state index in [1.165, 1.54) is 7.11 Å². The maximum absolute atomic E-state index is 12.7. The van der Waals surface area contributed by atoms with Crippen LogP contribution >= 0.6 is 0 Å². The van der Waals surface area contributed by atoms with Crippen LogP contribution in [0, 0.1) is 5.41 Å². The van der Waals surface area contributed by atoms with Crippen molar-refractivity contribution in [1.29, 1.82) is 0 Å². The summed E-state index contributed by atoms with van der Waals surface area (Å²) in [4.78, 5) is 36.2. The van der Waals surface area contributed by atoms with Gasteiger partial charge in [-0.3, -0.25) is 4.79 Å². The average molecular weight is 453 g/mol. The van der Waals surface area contributed by atoms with Crippen LogP contribution in [-0.2, 0) is 19.1 Å². The van der Waals surface area contributed by atoms with Crippen molar-refractivity contribution in [3.63, 3.8) is 0 Å². The summed E-state index contributed by atoms with van der Waals surface area (Å²) in [6.45, 7) is 0.213. The summed E-state index contributed by atoms with van der Waals surface area (Å²) in [5, 5.41) is 14.4. The van der Waals surface area contributed by atoms with E-state index in [1.807, 2.05) is 24.3 Å². The second-order valence-corrected chi connectivity index (χ2v) is 8.59. The molecular weight excluding hydrogens is 424 g/mol. The molecule has 33 heavy (non-hydrogen) atoms. The number of rotatable bonds is 9. The van der Waals surface area contributed by atoms with Gasteiger partial charge >= 0.3 is 12.1 Å². The maximum Gasteiger partial charge on any atom is 0.407 e. The summed E-state index contributed by atoms with van der Waals surface area (Å²) in [5.41, 5.74) is 3.83. The fourth-order valence-corrected chi connectivity index (χ4v) is 4.62. The van der Waals surface area contributed by atoms with Crippen molar-refractivity contribution in [1.82, 2.24) is 10.6 Å². The lowest BCUT2D eigenvalue weighted by molar-refractivity contribution is -0.149. The number of hydrogen-bond acceptors (Lipinski definition) is 5. The number of benzene rings is 2. The first-order valence-electron chi connectivity index (χ1n) is 11.1. The maximum atomic E-state index is 12.7. The van der Waals surface area contributed by atoms with Gasteiger partial charge in [0.05, 0.1) is 12.0 Å². The third-order valence-corrected chi connectivity index (χ3v) is 6.72. The van der Waals surface area contributed by atoms with Crippen LogP contribution in [0.2, 0.25) is 0 Å².